The predicted octanol–water partition coefficient (Wildman–Crippen LogP) is 2.31. The largest absolute Gasteiger partial charge is 0.508 e. The lowest BCUT2D eigenvalue weighted by atomic mass is 10.1. The van der Waals surface area contributed by atoms with Gasteiger partial charge in [0.15, 0.2) is 0 Å². The highest BCUT2D eigenvalue weighted by atomic mass is 32.2. The van der Waals surface area contributed by atoms with Crippen LogP contribution in [0, 0.1) is 0 Å². The van der Waals surface area contributed by atoms with Gasteiger partial charge in [0, 0.05) is 5.56 Å². The first-order valence-electron chi connectivity index (χ1n) is 4.84. The molecule has 0 radical (unpaired) electrons. The van der Waals surface area contributed by atoms with E-state index < -0.39 is 10.1 Å². The Labute approximate surface area is 98.9 Å². The molecule has 0 aromatic heterocycles. The van der Waals surface area contributed by atoms with Crippen LogP contribution in [0.25, 0.3) is 11.1 Å². The van der Waals surface area contributed by atoms with Gasteiger partial charge in [-0.2, -0.15) is 8.42 Å². The van der Waals surface area contributed by atoms with Crippen LogP contribution in [0.4, 0.5) is 0 Å². The van der Waals surface area contributed by atoms with Gasteiger partial charge in [-0.15, -0.1) is 0 Å². The van der Waals surface area contributed by atoms with E-state index >= 15 is 0 Å². The topological polar surface area (TPSA) is 74.6 Å². The number of phenols is 1. The Hall–Kier alpha value is -1.85. The van der Waals surface area contributed by atoms with Gasteiger partial charge in [-0.3, -0.25) is 4.55 Å². The molecule has 2 rings (SSSR count). The first kappa shape index (κ1) is 11.6. The van der Waals surface area contributed by atoms with Crippen molar-refractivity contribution in [2.24, 2.45) is 0 Å². The highest BCUT2D eigenvalue weighted by molar-refractivity contribution is 7.86. The van der Waals surface area contributed by atoms with Crippen molar-refractivity contribution in [3.05, 3.63) is 48.5 Å². The molecular weight excluding hydrogens is 240 g/mol. The second-order valence-corrected chi connectivity index (χ2v) is 4.91. The molecule has 2 aromatic carbocycles. The van der Waals surface area contributed by atoms with Crippen LogP contribution in [0.3, 0.4) is 0 Å². The minimum absolute atomic E-state index is 0.0590. The smallest absolute Gasteiger partial charge is 0.295 e. The molecule has 0 unspecified atom stereocenters. The standard InChI is InChI=1S/C12H10O4S/c13-10-6-7-12(17(14,15)16)11(8-10)9-4-2-1-3-5-9/h1-8,13H,(H,14,15,16). The van der Waals surface area contributed by atoms with Crippen LogP contribution in [0.15, 0.2) is 53.4 Å². The summed E-state index contributed by atoms with van der Waals surface area (Å²) < 4.78 is 31.5. The molecule has 0 fully saturated rings. The second kappa shape index (κ2) is 4.20. The highest BCUT2D eigenvalue weighted by Gasteiger charge is 2.16. The lowest BCUT2D eigenvalue weighted by molar-refractivity contribution is 0.473. The molecule has 4 nitrogen and oxygen atoms in total. The van der Waals surface area contributed by atoms with E-state index in [1.165, 1.54) is 18.2 Å². The van der Waals surface area contributed by atoms with E-state index in [1.807, 2.05) is 0 Å². The van der Waals surface area contributed by atoms with E-state index in [-0.39, 0.29) is 16.2 Å². The highest BCUT2D eigenvalue weighted by Crippen LogP contribution is 2.30. The van der Waals surface area contributed by atoms with Gasteiger partial charge in [0.1, 0.15) is 10.6 Å². The predicted molar refractivity (Wildman–Crippen MR) is 63.4 cm³/mol. The fraction of sp³-hybridized carbons (Fsp3) is 0. The van der Waals surface area contributed by atoms with Gasteiger partial charge in [0.25, 0.3) is 10.1 Å². The lowest BCUT2D eigenvalue weighted by Gasteiger charge is -2.07. The quantitative estimate of drug-likeness (QED) is 0.802. The number of hydrogen-bond acceptors (Lipinski definition) is 3. The molecule has 17 heavy (non-hydrogen) atoms. The Morgan fingerprint density at radius 1 is 0.941 bits per heavy atom. The van der Waals surface area contributed by atoms with Crippen molar-refractivity contribution < 1.29 is 18.1 Å². The van der Waals surface area contributed by atoms with Gasteiger partial charge in [-0.1, -0.05) is 30.3 Å². The summed E-state index contributed by atoms with van der Waals surface area (Å²) in [5.41, 5.74) is 0.879. The molecule has 88 valence electrons. The van der Waals surface area contributed by atoms with Gasteiger partial charge >= 0.3 is 0 Å². The molecule has 0 amide bonds. The van der Waals surface area contributed by atoms with E-state index in [2.05, 4.69) is 0 Å². The molecular formula is C12H10O4S. The summed E-state index contributed by atoms with van der Waals surface area (Å²) in [5, 5.41) is 9.39. The Balaban J connectivity index is 2.72. The summed E-state index contributed by atoms with van der Waals surface area (Å²) in [6.07, 6.45) is 0. The SMILES string of the molecule is O=S(=O)(O)c1ccc(O)cc1-c1ccccc1. The van der Waals surface area contributed by atoms with E-state index in [0.29, 0.717) is 5.56 Å². The molecule has 0 saturated heterocycles. The first-order valence-corrected chi connectivity index (χ1v) is 6.28. The molecule has 0 aliphatic rings. The average Bonchev–Trinajstić information content (AvgIpc) is 2.28. The normalized spacial score (nSPS) is 11.4. The van der Waals surface area contributed by atoms with Crippen LogP contribution >= 0.6 is 0 Å². The van der Waals surface area contributed by atoms with Gasteiger partial charge in [-0.25, -0.2) is 0 Å². The summed E-state index contributed by atoms with van der Waals surface area (Å²) >= 11 is 0. The van der Waals surface area contributed by atoms with Crippen molar-refractivity contribution in [1.29, 1.82) is 0 Å². The van der Waals surface area contributed by atoms with Crippen molar-refractivity contribution in [2.45, 2.75) is 4.90 Å². The first-order chi connectivity index (χ1) is 7.98. The second-order valence-electron chi connectivity index (χ2n) is 3.52. The lowest BCUT2D eigenvalue weighted by Crippen LogP contribution is -2.00. The Bertz CT molecular complexity index is 633. The molecule has 0 saturated carbocycles. The van der Waals surface area contributed by atoms with E-state index in [0.717, 1.165) is 0 Å². The summed E-state index contributed by atoms with van der Waals surface area (Å²) in [7, 11) is -4.31. The zero-order valence-corrected chi connectivity index (χ0v) is 9.55. The van der Waals surface area contributed by atoms with Gasteiger partial charge < -0.3 is 5.11 Å². The van der Waals surface area contributed by atoms with E-state index in [1.54, 1.807) is 30.3 Å². The van der Waals surface area contributed by atoms with Crippen LogP contribution in [0.1, 0.15) is 0 Å². The zero-order valence-electron chi connectivity index (χ0n) is 8.74. The summed E-state index contributed by atoms with van der Waals surface area (Å²) in [6.45, 7) is 0. The van der Waals surface area contributed by atoms with Crippen LogP contribution in [-0.2, 0) is 10.1 Å². The zero-order chi connectivity index (χ0) is 12.5. The van der Waals surface area contributed by atoms with Crippen LogP contribution in [-0.4, -0.2) is 18.1 Å². The molecule has 0 bridgehead atoms. The fourth-order valence-electron chi connectivity index (χ4n) is 1.59. The average molecular weight is 250 g/mol. The van der Waals surface area contributed by atoms with Gasteiger partial charge in [-0.05, 0) is 23.8 Å². The van der Waals surface area contributed by atoms with Gasteiger partial charge in [0.2, 0.25) is 0 Å². The number of aromatic hydroxyl groups is 1. The Morgan fingerprint density at radius 2 is 1.59 bits per heavy atom. The number of hydrogen-bond donors (Lipinski definition) is 2. The minimum Gasteiger partial charge on any atom is -0.508 e. The van der Waals surface area contributed by atoms with Crippen LogP contribution in [0.2, 0.25) is 0 Å². The Kier molecular flexibility index (Phi) is 2.87. The maximum Gasteiger partial charge on any atom is 0.295 e. The summed E-state index contributed by atoms with van der Waals surface area (Å²) in [5.74, 6) is -0.0590. The third-order valence-electron chi connectivity index (χ3n) is 2.33. The Morgan fingerprint density at radius 3 is 2.18 bits per heavy atom. The molecule has 0 aliphatic heterocycles. The van der Waals surface area contributed by atoms with Crippen molar-refractivity contribution >= 4 is 10.1 Å². The molecule has 5 heteroatoms. The molecule has 0 aliphatic carbocycles. The van der Waals surface area contributed by atoms with Gasteiger partial charge in [0.05, 0.1) is 0 Å². The third kappa shape index (κ3) is 2.46. The molecule has 0 atom stereocenters. The summed E-state index contributed by atoms with van der Waals surface area (Å²) in [6, 6.07) is 12.4. The van der Waals surface area contributed by atoms with Crippen LogP contribution < -0.4 is 0 Å². The minimum atomic E-state index is -4.31. The summed E-state index contributed by atoms with van der Waals surface area (Å²) in [4.78, 5) is -0.221. The molecule has 2 N–H and O–H groups in total. The fourth-order valence-corrected chi connectivity index (χ4v) is 2.28. The maximum absolute atomic E-state index is 11.2. The number of rotatable bonds is 2. The number of phenolic OH excluding ortho intramolecular Hbond substituents is 1. The van der Waals surface area contributed by atoms with Crippen molar-refractivity contribution in [3.63, 3.8) is 0 Å². The van der Waals surface area contributed by atoms with Crippen molar-refractivity contribution in [3.8, 4) is 16.9 Å². The van der Waals surface area contributed by atoms with E-state index in [4.69, 9.17) is 4.55 Å². The van der Waals surface area contributed by atoms with Crippen molar-refractivity contribution in [2.75, 3.05) is 0 Å². The maximum atomic E-state index is 11.2. The number of benzene rings is 2. The molecule has 2 aromatic rings. The van der Waals surface area contributed by atoms with E-state index in [9.17, 15) is 13.5 Å². The monoisotopic (exact) mass is 250 g/mol. The third-order valence-corrected chi connectivity index (χ3v) is 3.24. The molecule has 0 heterocycles. The van der Waals surface area contributed by atoms with Crippen LogP contribution in [0.5, 0.6) is 5.75 Å². The van der Waals surface area contributed by atoms with Crippen molar-refractivity contribution in [1.82, 2.24) is 0 Å². The molecule has 0 spiro atoms.